The molecule has 3 rings (SSSR count). The van der Waals surface area contributed by atoms with Gasteiger partial charge in [-0.2, -0.15) is 0 Å². The smallest absolute Gasteiger partial charge is 0.314 e. The largest absolute Gasteiger partial charge is 0.497 e. The fourth-order valence-corrected chi connectivity index (χ4v) is 2.93. The van der Waals surface area contributed by atoms with Gasteiger partial charge in [0, 0.05) is 30.0 Å². The topological polar surface area (TPSA) is 87.7 Å². The van der Waals surface area contributed by atoms with Crippen molar-refractivity contribution < 1.29 is 19.1 Å². The maximum atomic E-state index is 12.2. The second-order valence-electron chi connectivity index (χ2n) is 6.29. The molecule has 1 saturated heterocycles. The fraction of sp³-hybridized carbons (Fsp3) is 0.250. The van der Waals surface area contributed by atoms with E-state index in [2.05, 4.69) is 10.6 Å². The molecule has 0 radical (unpaired) electrons. The van der Waals surface area contributed by atoms with E-state index in [1.807, 2.05) is 13.0 Å². The molecule has 0 bridgehead atoms. The Balaban J connectivity index is 1.67. The van der Waals surface area contributed by atoms with Crippen molar-refractivity contribution >= 4 is 34.8 Å². The summed E-state index contributed by atoms with van der Waals surface area (Å²) in [5, 5.41) is 5.11. The molecule has 0 atom stereocenters. The van der Waals surface area contributed by atoms with Crippen molar-refractivity contribution in [2.45, 2.75) is 19.8 Å². The number of carbonyl (C=O) groups is 3. The summed E-state index contributed by atoms with van der Waals surface area (Å²) in [6, 6.07) is 11.9. The Morgan fingerprint density at radius 1 is 1.00 bits per heavy atom. The van der Waals surface area contributed by atoms with Gasteiger partial charge < -0.3 is 20.3 Å². The zero-order chi connectivity index (χ0) is 19.4. The first-order valence-electron chi connectivity index (χ1n) is 8.65. The number of ether oxygens (including phenoxy) is 1. The zero-order valence-electron chi connectivity index (χ0n) is 15.2. The van der Waals surface area contributed by atoms with E-state index in [1.165, 1.54) is 0 Å². The lowest BCUT2D eigenvalue weighted by Crippen LogP contribution is -2.29. The average Bonchev–Trinajstić information content (AvgIpc) is 3.09. The first-order valence-corrected chi connectivity index (χ1v) is 8.65. The maximum absolute atomic E-state index is 12.2. The van der Waals surface area contributed by atoms with E-state index in [0.29, 0.717) is 30.1 Å². The highest BCUT2D eigenvalue weighted by atomic mass is 16.5. The molecule has 0 aromatic heterocycles. The highest BCUT2D eigenvalue weighted by Gasteiger charge is 2.23. The van der Waals surface area contributed by atoms with Crippen LogP contribution in [-0.2, 0) is 14.4 Å². The quantitative estimate of drug-likeness (QED) is 0.814. The van der Waals surface area contributed by atoms with Gasteiger partial charge in [-0.3, -0.25) is 14.4 Å². The number of anilines is 3. The molecule has 0 unspecified atom stereocenters. The molecular weight excluding hydrogens is 346 g/mol. The van der Waals surface area contributed by atoms with E-state index in [9.17, 15) is 14.4 Å². The molecule has 7 heteroatoms. The Labute approximate surface area is 157 Å². The predicted molar refractivity (Wildman–Crippen MR) is 103 cm³/mol. The van der Waals surface area contributed by atoms with Crippen LogP contribution in [0.3, 0.4) is 0 Å². The van der Waals surface area contributed by atoms with Crippen LogP contribution in [0.4, 0.5) is 17.1 Å². The minimum atomic E-state index is -0.784. The number of aryl methyl sites for hydroxylation is 1. The molecule has 2 aromatic rings. The lowest BCUT2D eigenvalue weighted by atomic mass is 10.1. The molecule has 1 aliphatic heterocycles. The van der Waals surface area contributed by atoms with E-state index in [0.717, 1.165) is 17.7 Å². The van der Waals surface area contributed by atoms with Crippen molar-refractivity contribution in [1.82, 2.24) is 0 Å². The maximum Gasteiger partial charge on any atom is 0.314 e. The van der Waals surface area contributed by atoms with E-state index in [-0.39, 0.29) is 5.91 Å². The van der Waals surface area contributed by atoms with Crippen molar-refractivity contribution in [1.29, 1.82) is 0 Å². The van der Waals surface area contributed by atoms with Gasteiger partial charge in [0.05, 0.1) is 7.11 Å². The van der Waals surface area contributed by atoms with Crippen molar-refractivity contribution in [3.8, 4) is 5.75 Å². The number of nitrogens with one attached hydrogen (secondary N) is 2. The molecule has 0 saturated carbocycles. The van der Waals surface area contributed by atoms with Gasteiger partial charge in [-0.25, -0.2) is 0 Å². The molecule has 1 fully saturated rings. The number of rotatable bonds is 4. The Hall–Kier alpha value is -3.35. The van der Waals surface area contributed by atoms with Crippen molar-refractivity contribution in [2.75, 3.05) is 29.2 Å². The van der Waals surface area contributed by atoms with Crippen LogP contribution < -0.4 is 20.3 Å². The third-order valence-corrected chi connectivity index (χ3v) is 4.39. The van der Waals surface area contributed by atoms with E-state index < -0.39 is 11.8 Å². The summed E-state index contributed by atoms with van der Waals surface area (Å²) in [7, 11) is 1.55. The normalized spacial score (nSPS) is 13.4. The van der Waals surface area contributed by atoms with Gasteiger partial charge in [0.25, 0.3) is 0 Å². The first kappa shape index (κ1) is 18.4. The fourth-order valence-electron chi connectivity index (χ4n) is 2.93. The van der Waals surface area contributed by atoms with E-state index in [1.54, 1.807) is 48.4 Å². The van der Waals surface area contributed by atoms with E-state index >= 15 is 0 Å². The molecule has 1 aliphatic rings. The number of hydrogen-bond donors (Lipinski definition) is 2. The van der Waals surface area contributed by atoms with Gasteiger partial charge in [-0.15, -0.1) is 0 Å². The summed E-state index contributed by atoms with van der Waals surface area (Å²) in [6.07, 6.45) is 1.35. The molecule has 27 heavy (non-hydrogen) atoms. The number of nitrogens with zero attached hydrogens (tertiary/aromatic N) is 1. The SMILES string of the molecule is COc1ccc(NC(=O)C(=O)Nc2ccc(C)c(N3CCCC3=O)c2)cc1. The number of benzene rings is 2. The van der Waals surface area contributed by atoms with Crippen LogP contribution in [0.1, 0.15) is 18.4 Å². The Morgan fingerprint density at radius 3 is 2.22 bits per heavy atom. The molecule has 7 nitrogen and oxygen atoms in total. The van der Waals surface area contributed by atoms with Crippen LogP contribution in [0.15, 0.2) is 42.5 Å². The number of methoxy groups -OCH3 is 1. The highest BCUT2D eigenvalue weighted by Crippen LogP contribution is 2.28. The summed E-state index contributed by atoms with van der Waals surface area (Å²) in [4.78, 5) is 38.0. The molecule has 1 heterocycles. The number of amides is 3. The molecule has 2 N–H and O–H groups in total. The summed E-state index contributed by atoms with van der Waals surface area (Å²) in [5.41, 5.74) is 2.64. The summed E-state index contributed by atoms with van der Waals surface area (Å²) in [5.74, 6) is -0.840. The van der Waals surface area contributed by atoms with Gasteiger partial charge >= 0.3 is 11.8 Å². The molecular formula is C20H21N3O4. The van der Waals surface area contributed by atoms with Crippen LogP contribution >= 0.6 is 0 Å². The van der Waals surface area contributed by atoms with Gasteiger partial charge in [0.15, 0.2) is 0 Å². The Morgan fingerprint density at radius 2 is 1.63 bits per heavy atom. The molecule has 0 spiro atoms. The number of hydrogen-bond acceptors (Lipinski definition) is 4. The third kappa shape index (κ3) is 4.25. The summed E-state index contributed by atoms with van der Waals surface area (Å²) < 4.78 is 5.05. The zero-order valence-corrected chi connectivity index (χ0v) is 15.2. The monoisotopic (exact) mass is 367 g/mol. The summed E-state index contributed by atoms with van der Waals surface area (Å²) in [6.45, 7) is 2.57. The van der Waals surface area contributed by atoms with Crippen molar-refractivity contribution in [3.63, 3.8) is 0 Å². The van der Waals surface area contributed by atoms with Gasteiger partial charge in [0.2, 0.25) is 5.91 Å². The lowest BCUT2D eigenvalue weighted by Gasteiger charge is -2.19. The summed E-state index contributed by atoms with van der Waals surface area (Å²) >= 11 is 0. The van der Waals surface area contributed by atoms with Crippen LogP contribution in [0.25, 0.3) is 0 Å². The first-order chi connectivity index (χ1) is 13.0. The minimum absolute atomic E-state index is 0.0684. The highest BCUT2D eigenvalue weighted by molar-refractivity contribution is 6.43. The molecule has 2 aromatic carbocycles. The second-order valence-corrected chi connectivity index (χ2v) is 6.29. The average molecular weight is 367 g/mol. The standard InChI is InChI=1S/C20H21N3O4/c1-13-5-6-15(12-17(13)23-11-3-4-18(23)24)22-20(26)19(25)21-14-7-9-16(27-2)10-8-14/h5-10,12H,3-4,11H2,1-2H3,(H,21,25)(H,22,26). The minimum Gasteiger partial charge on any atom is -0.497 e. The van der Waals surface area contributed by atoms with Crippen LogP contribution in [-0.4, -0.2) is 31.4 Å². The third-order valence-electron chi connectivity index (χ3n) is 4.39. The molecule has 0 aliphatic carbocycles. The second kappa shape index (κ2) is 7.90. The predicted octanol–water partition coefficient (Wildman–Crippen LogP) is 2.71. The van der Waals surface area contributed by atoms with Crippen molar-refractivity contribution in [2.24, 2.45) is 0 Å². The van der Waals surface area contributed by atoms with Gasteiger partial charge in [-0.1, -0.05) is 6.07 Å². The van der Waals surface area contributed by atoms with Crippen LogP contribution in [0.5, 0.6) is 5.75 Å². The van der Waals surface area contributed by atoms with Crippen LogP contribution in [0, 0.1) is 6.92 Å². The Bertz CT molecular complexity index is 877. The molecule has 3 amide bonds. The number of carbonyl (C=O) groups excluding carboxylic acids is 3. The molecule has 140 valence electrons. The van der Waals surface area contributed by atoms with Crippen LogP contribution in [0.2, 0.25) is 0 Å². The Kier molecular flexibility index (Phi) is 5.40. The van der Waals surface area contributed by atoms with Crippen molar-refractivity contribution in [3.05, 3.63) is 48.0 Å². The lowest BCUT2D eigenvalue weighted by molar-refractivity contribution is -0.132. The van der Waals surface area contributed by atoms with Gasteiger partial charge in [0.1, 0.15) is 5.75 Å². The van der Waals surface area contributed by atoms with Gasteiger partial charge in [-0.05, 0) is 55.3 Å². The van der Waals surface area contributed by atoms with E-state index in [4.69, 9.17) is 4.74 Å².